The summed E-state index contributed by atoms with van der Waals surface area (Å²) in [5.74, 6) is 0. The molecule has 0 unspecified atom stereocenters. The lowest BCUT2D eigenvalue weighted by Crippen LogP contribution is -2.24. The van der Waals surface area contributed by atoms with Crippen molar-refractivity contribution in [1.82, 2.24) is 0 Å². The Morgan fingerprint density at radius 3 is 2.61 bits per heavy atom. The van der Waals surface area contributed by atoms with Gasteiger partial charge in [0, 0.05) is 25.3 Å². The third-order valence-electron chi connectivity index (χ3n) is 4.41. The van der Waals surface area contributed by atoms with Crippen molar-refractivity contribution in [1.29, 1.82) is 0 Å². The molecule has 23 heavy (non-hydrogen) atoms. The van der Waals surface area contributed by atoms with Crippen LogP contribution in [-0.2, 0) is 0 Å². The minimum Gasteiger partial charge on any atom is -0.302 e. The fourth-order valence-corrected chi connectivity index (χ4v) is 3.16. The van der Waals surface area contributed by atoms with Gasteiger partial charge in [0.2, 0.25) is 0 Å². The van der Waals surface area contributed by atoms with E-state index < -0.39 is 0 Å². The second kappa shape index (κ2) is 5.39. The summed E-state index contributed by atoms with van der Waals surface area (Å²) in [5.41, 5.74) is 8.58. The average Bonchev–Trinajstić information content (AvgIpc) is 2.60. The van der Waals surface area contributed by atoms with E-state index in [1.54, 1.807) is 0 Å². The maximum atomic E-state index is 3.43. The minimum atomic E-state index is 1.16. The summed E-state index contributed by atoms with van der Waals surface area (Å²) in [4.78, 5) is 2.24. The predicted octanol–water partition coefficient (Wildman–Crippen LogP) is 5.17. The third-order valence-corrected chi connectivity index (χ3v) is 4.41. The molecule has 1 nitrogen and oxygen atoms in total. The van der Waals surface area contributed by atoms with Crippen molar-refractivity contribution >= 4 is 17.3 Å². The Morgan fingerprint density at radius 1 is 1.00 bits per heavy atom. The van der Waals surface area contributed by atoms with Crippen LogP contribution in [0.15, 0.2) is 78.0 Å². The second-order valence-corrected chi connectivity index (χ2v) is 5.98. The van der Waals surface area contributed by atoms with Gasteiger partial charge in [0.05, 0.1) is 22.9 Å². The number of fused-ring (bicyclic) bond motifs is 2. The average molecular weight is 296 g/mol. The summed E-state index contributed by atoms with van der Waals surface area (Å²) in [5, 5.41) is 0. The van der Waals surface area contributed by atoms with Crippen LogP contribution in [0, 0.1) is 13.0 Å². The van der Waals surface area contributed by atoms with E-state index >= 15 is 0 Å². The van der Waals surface area contributed by atoms with Crippen molar-refractivity contribution in [2.75, 3.05) is 11.9 Å². The molecule has 2 aliphatic rings. The number of allylic oxidation sites excluding steroid dienone is 5. The number of hydrogen-bond acceptors (Lipinski definition) is 1. The summed E-state index contributed by atoms with van der Waals surface area (Å²) in [6.07, 6.45) is 11.9. The van der Waals surface area contributed by atoms with Gasteiger partial charge >= 0.3 is 0 Å². The Labute approximate surface area is 137 Å². The zero-order valence-electron chi connectivity index (χ0n) is 13.4. The van der Waals surface area contributed by atoms with Crippen LogP contribution in [0.3, 0.4) is 0 Å². The predicted molar refractivity (Wildman–Crippen MR) is 97.9 cm³/mol. The lowest BCUT2D eigenvalue weighted by atomic mass is 9.86. The Morgan fingerprint density at radius 2 is 1.78 bits per heavy atom. The van der Waals surface area contributed by atoms with E-state index in [1.807, 2.05) is 12.2 Å². The van der Waals surface area contributed by atoms with E-state index in [0.717, 1.165) is 5.57 Å². The number of likely N-dealkylation sites (N-methyl/N-ethyl adjacent to an activating group) is 1. The van der Waals surface area contributed by atoms with Gasteiger partial charge < -0.3 is 4.90 Å². The molecule has 0 bridgehead atoms. The number of hydrogen-bond donors (Lipinski definition) is 0. The lowest BCUT2D eigenvalue weighted by molar-refractivity contribution is 1.08. The van der Waals surface area contributed by atoms with Crippen molar-refractivity contribution in [3.8, 4) is 0 Å². The van der Waals surface area contributed by atoms with Gasteiger partial charge in [-0.3, -0.25) is 0 Å². The number of para-hydroxylation sites is 1. The first-order valence-electron chi connectivity index (χ1n) is 7.86. The highest BCUT2D eigenvalue weighted by Crippen LogP contribution is 2.43. The van der Waals surface area contributed by atoms with E-state index in [0.29, 0.717) is 0 Å². The second-order valence-electron chi connectivity index (χ2n) is 5.98. The number of anilines is 1. The van der Waals surface area contributed by atoms with Gasteiger partial charge in [0.25, 0.3) is 0 Å². The molecule has 2 aromatic carbocycles. The summed E-state index contributed by atoms with van der Waals surface area (Å²) in [6.45, 7) is 2.12. The standard InChI is InChI=1S/C22H18N/c1-16-11-13-17(14-12-16)15-20-18-7-3-5-9-21(18)23(2)22-10-6-4-8-19(20)22/h3-7,9-15H,1-2H3/q+1. The maximum Gasteiger partial charge on any atom is 0.179 e. The van der Waals surface area contributed by atoms with E-state index in [2.05, 4.69) is 85.6 Å². The minimum absolute atomic E-state index is 1.16. The molecule has 1 aliphatic carbocycles. The maximum absolute atomic E-state index is 3.43. The number of rotatable bonds is 1. The monoisotopic (exact) mass is 296 g/mol. The number of aryl methyl sites for hydroxylation is 1. The van der Waals surface area contributed by atoms with Crippen molar-refractivity contribution in [2.24, 2.45) is 0 Å². The van der Waals surface area contributed by atoms with E-state index in [-0.39, 0.29) is 0 Å². The molecule has 0 N–H and O–H groups in total. The molecule has 1 heterocycles. The Hall–Kier alpha value is -2.89. The number of benzene rings is 2. The molecule has 4 rings (SSSR count). The van der Waals surface area contributed by atoms with Crippen molar-refractivity contribution < 1.29 is 0 Å². The van der Waals surface area contributed by atoms with Gasteiger partial charge in [-0.2, -0.15) is 0 Å². The smallest absolute Gasteiger partial charge is 0.179 e. The van der Waals surface area contributed by atoms with Gasteiger partial charge in [0.15, 0.2) is 5.57 Å². The molecule has 0 atom stereocenters. The Bertz CT molecular complexity index is 876. The van der Waals surface area contributed by atoms with Crippen LogP contribution in [-0.4, -0.2) is 7.05 Å². The summed E-state index contributed by atoms with van der Waals surface area (Å²) in [6, 6.07) is 17.2. The molecule has 1 heteroatoms. The van der Waals surface area contributed by atoms with E-state index in [9.17, 15) is 0 Å². The first kappa shape index (κ1) is 13.8. The molecule has 0 saturated heterocycles. The van der Waals surface area contributed by atoms with Crippen molar-refractivity contribution in [3.63, 3.8) is 0 Å². The fourth-order valence-electron chi connectivity index (χ4n) is 3.16. The van der Waals surface area contributed by atoms with Crippen molar-refractivity contribution in [2.45, 2.75) is 6.92 Å². The zero-order valence-corrected chi connectivity index (χ0v) is 13.4. The highest BCUT2D eigenvalue weighted by Gasteiger charge is 2.34. The molecule has 110 valence electrons. The molecule has 0 amide bonds. The van der Waals surface area contributed by atoms with Gasteiger partial charge in [-0.15, -0.1) is 0 Å². The molecule has 2 aromatic rings. The molecule has 0 fully saturated rings. The third kappa shape index (κ3) is 2.32. The lowest BCUT2D eigenvalue weighted by Gasteiger charge is -2.28. The molecule has 0 aromatic heterocycles. The first-order chi connectivity index (χ1) is 11.2. The van der Waals surface area contributed by atoms with Crippen LogP contribution >= 0.6 is 0 Å². The molecule has 1 aliphatic heterocycles. The van der Waals surface area contributed by atoms with Crippen LogP contribution in [0.1, 0.15) is 16.7 Å². The first-order valence-corrected chi connectivity index (χ1v) is 7.86. The van der Waals surface area contributed by atoms with E-state index in [4.69, 9.17) is 0 Å². The van der Waals surface area contributed by atoms with Gasteiger partial charge in [0.1, 0.15) is 5.70 Å². The fraction of sp³-hybridized carbons (Fsp3) is 0.0909. The Balaban J connectivity index is 1.94. The quantitative estimate of drug-likeness (QED) is 0.656. The largest absolute Gasteiger partial charge is 0.302 e. The Kier molecular flexibility index (Phi) is 3.22. The van der Waals surface area contributed by atoms with Crippen molar-refractivity contribution in [3.05, 3.63) is 101 Å². The highest BCUT2D eigenvalue weighted by molar-refractivity contribution is 6.01. The van der Waals surface area contributed by atoms with Gasteiger partial charge in [-0.25, -0.2) is 0 Å². The highest BCUT2D eigenvalue weighted by atomic mass is 15.1. The molecular formula is C22H18N+. The summed E-state index contributed by atoms with van der Waals surface area (Å²) >= 11 is 0. The summed E-state index contributed by atoms with van der Waals surface area (Å²) in [7, 11) is 2.12. The SMILES string of the molecule is Cc1ccc(C=C2C3=[C+]C=CC=C3N(C)c3ccccc32)cc1. The van der Waals surface area contributed by atoms with Crippen LogP contribution in [0.5, 0.6) is 0 Å². The molecule has 0 spiro atoms. The van der Waals surface area contributed by atoms with Crippen LogP contribution < -0.4 is 4.90 Å². The molecular weight excluding hydrogens is 278 g/mol. The van der Waals surface area contributed by atoms with Crippen LogP contribution in [0.2, 0.25) is 0 Å². The normalized spacial score (nSPS) is 17.1. The summed E-state index contributed by atoms with van der Waals surface area (Å²) < 4.78 is 0. The van der Waals surface area contributed by atoms with Gasteiger partial charge in [-0.05, 0) is 30.7 Å². The van der Waals surface area contributed by atoms with Crippen LogP contribution in [0.25, 0.3) is 11.6 Å². The number of nitrogens with zero attached hydrogens (tertiary/aromatic N) is 1. The van der Waals surface area contributed by atoms with Crippen LogP contribution in [0.4, 0.5) is 5.69 Å². The zero-order chi connectivity index (χ0) is 15.8. The topological polar surface area (TPSA) is 3.24 Å². The molecule has 0 radical (unpaired) electrons. The van der Waals surface area contributed by atoms with E-state index in [1.165, 1.54) is 33.6 Å². The van der Waals surface area contributed by atoms with Gasteiger partial charge in [-0.1, -0.05) is 42.0 Å². The molecule has 0 saturated carbocycles.